The van der Waals surface area contributed by atoms with Crippen LogP contribution in [0.3, 0.4) is 0 Å². The summed E-state index contributed by atoms with van der Waals surface area (Å²) in [6, 6.07) is 0. The van der Waals surface area contributed by atoms with Crippen LogP contribution in [0.4, 0.5) is 0 Å². The average Bonchev–Trinajstić information content (AvgIpc) is 3.40. The lowest BCUT2D eigenvalue weighted by Gasteiger charge is -2.62. The van der Waals surface area contributed by atoms with E-state index in [1.54, 1.807) is 0 Å². The first-order valence-corrected chi connectivity index (χ1v) is 12.1. The molecule has 2 heterocycles. The number of carbonyl (C=O) groups excluding carboxylic acids is 2. The number of carbonyl (C=O) groups is 2. The normalized spacial score (nSPS) is 42.6. The highest BCUT2D eigenvalue weighted by atomic mass is 16.6. The second-order valence-electron chi connectivity index (χ2n) is 10.9. The maximum absolute atomic E-state index is 12.7. The summed E-state index contributed by atoms with van der Waals surface area (Å²) in [5.41, 5.74) is -0.809. The van der Waals surface area contributed by atoms with E-state index in [0.29, 0.717) is 31.4 Å². The summed E-state index contributed by atoms with van der Waals surface area (Å²) in [6.45, 7) is 8.71. The molecule has 0 aromatic heterocycles. The van der Waals surface area contributed by atoms with Crippen molar-refractivity contribution in [2.75, 3.05) is 19.8 Å². The molecular weight excluding hydrogens is 412 g/mol. The fourth-order valence-electron chi connectivity index (χ4n) is 6.86. The third kappa shape index (κ3) is 3.51. The Morgan fingerprint density at radius 1 is 1.41 bits per heavy atom. The molecular formula is C25H38O7. The Balaban J connectivity index is 1.69. The van der Waals surface area contributed by atoms with Crippen LogP contribution in [-0.2, 0) is 23.8 Å². The van der Waals surface area contributed by atoms with Gasteiger partial charge >= 0.3 is 11.9 Å². The number of epoxide rings is 1. The summed E-state index contributed by atoms with van der Waals surface area (Å²) in [6.07, 6.45) is 4.70. The Kier molecular flexibility index (Phi) is 6.23. The largest absolute Gasteiger partial charge is 0.458 e. The van der Waals surface area contributed by atoms with E-state index in [4.69, 9.17) is 14.2 Å². The average molecular weight is 451 g/mol. The number of cyclic esters (lactones) is 1. The van der Waals surface area contributed by atoms with Gasteiger partial charge in [-0.3, -0.25) is 4.79 Å². The first-order valence-electron chi connectivity index (χ1n) is 12.1. The molecule has 1 saturated heterocycles. The lowest BCUT2D eigenvalue weighted by atomic mass is 9.43. The van der Waals surface area contributed by atoms with E-state index in [9.17, 15) is 19.8 Å². The predicted molar refractivity (Wildman–Crippen MR) is 116 cm³/mol. The number of aliphatic hydroxyl groups is 2. The fourth-order valence-corrected chi connectivity index (χ4v) is 6.86. The van der Waals surface area contributed by atoms with Crippen LogP contribution in [-0.4, -0.2) is 59.8 Å². The number of rotatable bonds is 7. The van der Waals surface area contributed by atoms with Crippen molar-refractivity contribution >= 4 is 11.9 Å². The van der Waals surface area contributed by atoms with E-state index >= 15 is 0 Å². The van der Waals surface area contributed by atoms with Gasteiger partial charge in [0.15, 0.2) is 0 Å². The summed E-state index contributed by atoms with van der Waals surface area (Å²) in [7, 11) is 0. The van der Waals surface area contributed by atoms with Crippen molar-refractivity contribution in [3.8, 4) is 0 Å². The first-order chi connectivity index (χ1) is 15.1. The van der Waals surface area contributed by atoms with E-state index in [0.717, 1.165) is 19.3 Å². The molecule has 0 bridgehead atoms. The van der Waals surface area contributed by atoms with Gasteiger partial charge < -0.3 is 24.4 Å². The molecule has 0 radical (unpaired) electrons. The minimum Gasteiger partial charge on any atom is -0.458 e. The highest BCUT2D eigenvalue weighted by Gasteiger charge is 2.73. The van der Waals surface area contributed by atoms with Gasteiger partial charge in [-0.15, -0.1) is 0 Å². The van der Waals surface area contributed by atoms with Crippen LogP contribution in [0, 0.1) is 28.6 Å². The van der Waals surface area contributed by atoms with Crippen LogP contribution in [0.15, 0.2) is 11.6 Å². The molecule has 32 heavy (non-hydrogen) atoms. The Bertz CT molecular complexity index is 787. The molecule has 2 N–H and O–H groups in total. The zero-order chi connectivity index (χ0) is 23.3. The minimum absolute atomic E-state index is 0.0124. The second kappa shape index (κ2) is 8.41. The molecule has 8 unspecified atom stereocenters. The van der Waals surface area contributed by atoms with E-state index in [-0.39, 0.29) is 42.4 Å². The van der Waals surface area contributed by atoms with Gasteiger partial charge in [-0.05, 0) is 49.4 Å². The predicted octanol–water partition coefficient (Wildman–Crippen LogP) is 2.77. The van der Waals surface area contributed by atoms with Crippen molar-refractivity contribution < 1.29 is 34.0 Å². The van der Waals surface area contributed by atoms with E-state index in [1.807, 2.05) is 13.8 Å². The molecule has 8 atom stereocenters. The van der Waals surface area contributed by atoms with Gasteiger partial charge in [0.25, 0.3) is 0 Å². The van der Waals surface area contributed by atoms with Crippen LogP contribution in [0.1, 0.15) is 66.2 Å². The third-order valence-electron chi connectivity index (χ3n) is 9.39. The van der Waals surface area contributed by atoms with Gasteiger partial charge in [-0.2, -0.15) is 0 Å². The van der Waals surface area contributed by atoms with Gasteiger partial charge in [0.2, 0.25) is 0 Å². The summed E-state index contributed by atoms with van der Waals surface area (Å²) in [4.78, 5) is 24.6. The quantitative estimate of drug-likeness (QED) is 0.454. The highest BCUT2D eigenvalue weighted by Crippen LogP contribution is 2.68. The van der Waals surface area contributed by atoms with Gasteiger partial charge in [0.05, 0.1) is 30.7 Å². The Hall–Kier alpha value is -1.44. The number of esters is 2. The van der Waals surface area contributed by atoms with Gasteiger partial charge in [0, 0.05) is 11.6 Å². The van der Waals surface area contributed by atoms with Gasteiger partial charge in [-0.1, -0.05) is 34.1 Å². The zero-order valence-electron chi connectivity index (χ0n) is 19.8. The zero-order valence-corrected chi connectivity index (χ0v) is 19.8. The number of ether oxygens (including phenoxy) is 3. The molecule has 2 aliphatic heterocycles. The van der Waals surface area contributed by atoms with E-state index < -0.39 is 29.2 Å². The smallest absolute Gasteiger partial charge is 0.331 e. The molecule has 0 amide bonds. The van der Waals surface area contributed by atoms with Gasteiger partial charge in [-0.25, -0.2) is 4.79 Å². The Morgan fingerprint density at radius 3 is 2.69 bits per heavy atom. The van der Waals surface area contributed by atoms with Crippen LogP contribution < -0.4 is 0 Å². The standard InChI is InChI=1S/C25H38O7/c1-5-15(2)22(29)32-18(17-10-21(28)30-12-17)11-23(4)16(3)9-20(27)25(13-26)19(23)7-6-8-24(25)14-31-24/h10,15-16,18-20,26-27H,5-9,11-14H2,1-4H3. The topological polar surface area (TPSA) is 106 Å². The molecule has 2 aliphatic carbocycles. The number of hydrogen-bond acceptors (Lipinski definition) is 7. The van der Waals surface area contributed by atoms with Crippen molar-refractivity contribution in [1.82, 2.24) is 0 Å². The van der Waals surface area contributed by atoms with Crippen molar-refractivity contribution in [1.29, 1.82) is 0 Å². The summed E-state index contributed by atoms with van der Waals surface area (Å²) in [5, 5.41) is 21.9. The lowest BCUT2D eigenvalue weighted by Crippen LogP contribution is -2.66. The molecule has 4 aliphatic rings. The Morgan fingerprint density at radius 2 is 2.12 bits per heavy atom. The summed E-state index contributed by atoms with van der Waals surface area (Å²) in [5.74, 6) is -0.764. The first kappa shape index (κ1) is 23.7. The van der Waals surface area contributed by atoms with E-state index in [1.165, 1.54) is 6.08 Å². The van der Waals surface area contributed by atoms with Crippen LogP contribution in [0.2, 0.25) is 0 Å². The molecule has 0 aromatic rings. The van der Waals surface area contributed by atoms with Crippen LogP contribution in [0.5, 0.6) is 0 Å². The summed E-state index contributed by atoms with van der Waals surface area (Å²) >= 11 is 0. The lowest BCUT2D eigenvalue weighted by molar-refractivity contribution is -0.217. The summed E-state index contributed by atoms with van der Waals surface area (Å²) < 4.78 is 17.1. The van der Waals surface area contributed by atoms with Crippen molar-refractivity contribution in [3.05, 3.63) is 11.6 Å². The maximum Gasteiger partial charge on any atom is 0.331 e. The van der Waals surface area contributed by atoms with Gasteiger partial charge in [0.1, 0.15) is 18.3 Å². The van der Waals surface area contributed by atoms with Crippen LogP contribution >= 0.6 is 0 Å². The molecule has 4 rings (SSSR count). The molecule has 3 fully saturated rings. The fraction of sp³-hybridized carbons (Fsp3) is 0.840. The molecule has 7 nitrogen and oxygen atoms in total. The van der Waals surface area contributed by atoms with E-state index in [2.05, 4.69) is 13.8 Å². The molecule has 0 aromatic carbocycles. The molecule has 2 saturated carbocycles. The monoisotopic (exact) mass is 450 g/mol. The SMILES string of the molecule is CCC(C)C(=O)OC(CC1(C)C(C)CC(O)C2(CO)C1CCCC21CO1)C1=CC(=O)OC1. The molecule has 7 heteroatoms. The van der Waals surface area contributed by atoms with Crippen molar-refractivity contribution in [2.24, 2.45) is 28.6 Å². The van der Waals surface area contributed by atoms with Crippen molar-refractivity contribution in [2.45, 2.75) is 84.0 Å². The van der Waals surface area contributed by atoms with Crippen molar-refractivity contribution in [3.63, 3.8) is 0 Å². The molecule has 1 spiro atoms. The Labute approximate surface area is 190 Å². The number of hydrogen-bond donors (Lipinski definition) is 2. The maximum atomic E-state index is 12.7. The number of fused-ring (bicyclic) bond motifs is 2. The molecule has 180 valence electrons. The second-order valence-corrected chi connectivity index (χ2v) is 10.9. The van der Waals surface area contributed by atoms with Crippen LogP contribution in [0.25, 0.3) is 0 Å². The minimum atomic E-state index is -0.714. The number of aliphatic hydroxyl groups excluding tert-OH is 2. The third-order valence-corrected chi connectivity index (χ3v) is 9.39. The highest BCUT2D eigenvalue weighted by molar-refractivity contribution is 5.85.